The summed E-state index contributed by atoms with van der Waals surface area (Å²) in [7, 11) is 0. The Bertz CT molecular complexity index is 263. The van der Waals surface area contributed by atoms with Crippen LogP contribution >= 0.6 is 15.9 Å². The predicted molar refractivity (Wildman–Crippen MR) is 55.1 cm³/mol. The van der Waals surface area contributed by atoms with Gasteiger partial charge in [-0.25, -0.2) is 0 Å². The lowest BCUT2D eigenvalue weighted by molar-refractivity contribution is 0.117. The highest BCUT2D eigenvalue weighted by molar-refractivity contribution is 9.10. The molecule has 0 aliphatic heterocycles. The van der Waals surface area contributed by atoms with Crippen LogP contribution in [0.25, 0.3) is 0 Å². The highest BCUT2D eigenvalue weighted by Crippen LogP contribution is 2.19. The highest BCUT2D eigenvalue weighted by Gasteiger charge is 2.15. The first-order valence-corrected chi connectivity index (χ1v) is 4.94. The molecule has 0 spiro atoms. The third kappa shape index (κ3) is 2.76. The molecule has 0 amide bonds. The molecule has 1 aromatic heterocycles. The van der Waals surface area contributed by atoms with E-state index in [0.717, 1.165) is 4.47 Å². The lowest BCUT2D eigenvalue weighted by Gasteiger charge is -2.15. The summed E-state index contributed by atoms with van der Waals surface area (Å²) in [5, 5.41) is 9.72. The fraction of sp³-hybridized carbons (Fsp3) is 0.444. The maximum absolute atomic E-state index is 9.72. The van der Waals surface area contributed by atoms with Crippen LogP contribution in [0.15, 0.2) is 22.8 Å². The van der Waals surface area contributed by atoms with Crippen LogP contribution in [-0.2, 0) is 0 Å². The summed E-state index contributed by atoms with van der Waals surface area (Å²) in [4.78, 5) is 4.09. The van der Waals surface area contributed by atoms with E-state index in [0.29, 0.717) is 12.2 Å². The molecule has 0 fully saturated rings. The van der Waals surface area contributed by atoms with E-state index in [1.165, 1.54) is 0 Å². The lowest BCUT2D eigenvalue weighted by atomic mass is 10.0. The Morgan fingerprint density at radius 1 is 1.62 bits per heavy atom. The molecule has 1 rings (SSSR count). The molecule has 0 saturated heterocycles. The number of hydrogen-bond acceptors (Lipinski definition) is 3. The topological polar surface area (TPSA) is 59.1 Å². The Hall–Kier alpha value is -0.450. The second-order valence-electron chi connectivity index (χ2n) is 3.06. The number of aromatic nitrogens is 1. The quantitative estimate of drug-likeness (QED) is 0.847. The number of pyridine rings is 1. The van der Waals surface area contributed by atoms with Crippen molar-refractivity contribution in [3.63, 3.8) is 0 Å². The minimum atomic E-state index is -0.571. The molecule has 0 saturated carbocycles. The predicted octanol–water partition coefficient (Wildman–Crippen LogP) is 1.47. The zero-order valence-corrected chi connectivity index (χ0v) is 9.03. The summed E-state index contributed by atoms with van der Waals surface area (Å²) in [5.41, 5.74) is 6.11. The summed E-state index contributed by atoms with van der Waals surface area (Å²) in [5.74, 6) is 0.0358. The van der Waals surface area contributed by atoms with Gasteiger partial charge in [-0.1, -0.05) is 6.92 Å². The van der Waals surface area contributed by atoms with Gasteiger partial charge in [-0.2, -0.15) is 0 Å². The van der Waals surface area contributed by atoms with Crippen LogP contribution in [-0.4, -0.2) is 16.6 Å². The van der Waals surface area contributed by atoms with Crippen LogP contribution in [0, 0.1) is 5.92 Å². The van der Waals surface area contributed by atoms with Crippen LogP contribution in [0.2, 0.25) is 0 Å². The van der Waals surface area contributed by atoms with Gasteiger partial charge in [-0.15, -0.1) is 0 Å². The number of aliphatic hydroxyl groups is 1. The number of nitrogens with zero attached hydrogens (tertiary/aromatic N) is 1. The zero-order chi connectivity index (χ0) is 9.84. The normalized spacial score (nSPS) is 15.4. The summed E-state index contributed by atoms with van der Waals surface area (Å²) >= 11 is 3.28. The minimum absolute atomic E-state index is 0.0358. The molecular formula is C9H13BrN2O. The smallest absolute Gasteiger partial charge is 0.0997 e. The number of nitrogens with two attached hydrogens (primary N) is 1. The second-order valence-corrected chi connectivity index (χ2v) is 3.97. The van der Waals surface area contributed by atoms with E-state index in [1.54, 1.807) is 12.3 Å². The van der Waals surface area contributed by atoms with Crippen molar-refractivity contribution in [1.29, 1.82) is 0 Å². The van der Waals surface area contributed by atoms with Crippen LogP contribution in [0.4, 0.5) is 0 Å². The molecule has 0 radical (unpaired) electrons. The van der Waals surface area contributed by atoms with Gasteiger partial charge in [0.25, 0.3) is 0 Å². The Morgan fingerprint density at radius 3 is 2.77 bits per heavy atom. The monoisotopic (exact) mass is 244 g/mol. The molecule has 1 heterocycles. The SMILES string of the molecule is CC(CN)C(O)c1ccc(Br)cn1. The van der Waals surface area contributed by atoms with Crippen molar-refractivity contribution in [3.05, 3.63) is 28.5 Å². The fourth-order valence-electron chi connectivity index (χ4n) is 0.983. The maximum atomic E-state index is 9.72. The molecule has 2 atom stereocenters. The van der Waals surface area contributed by atoms with Crippen molar-refractivity contribution in [3.8, 4) is 0 Å². The molecule has 3 N–H and O–H groups in total. The van der Waals surface area contributed by atoms with E-state index < -0.39 is 6.10 Å². The first kappa shape index (κ1) is 10.6. The maximum Gasteiger partial charge on any atom is 0.0997 e. The van der Waals surface area contributed by atoms with E-state index in [4.69, 9.17) is 5.73 Å². The Labute approximate surface area is 86.1 Å². The average molecular weight is 245 g/mol. The molecule has 3 nitrogen and oxygen atoms in total. The van der Waals surface area contributed by atoms with Crippen LogP contribution < -0.4 is 5.73 Å². The standard InChI is InChI=1S/C9H13BrN2O/c1-6(4-11)9(13)8-3-2-7(10)5-12-8/h2-3,5-6,9,13H,4,11H2,1H3. The minimum Gasteiger partial charge on any atom is -0.386 e. The van der Waals surface area contributed by atoms with Gasteiger partial charge in [0, 0.05) is 10.7 Å². The van der Waals surface area contributed by atoms with Gasteiger partial charge in [0.1, 0.15) is 0 Å². The molecular weight excluding hydrogens is 232 g/mol. The molecule has 0 aromatic carbocycles. The van der Waals surface area contributed by atoms with Gasteiger partial charge in [-0.3, -0.25) is 4.98 Å². The molecule has 1 aromatic rings. The third-order valence-electron chi connectivity index (χ3n) is 1.96. The van der Waals surface area contributed by atoms with Crippen molar-refractivity contribution in [1.82, 2.24) is 4.98 Å². The summed E-state index contributed by atoms with van der Waals surface area (Å²) < 4.78 is 0.906. The summed E-state index contributed by atoms with van der Waals surface area (Å²) in [6.07, 6.45) is 1.10. The van der Waals surface area contributed by atoms with Crippen molar-refractivity contribution in [2.75, 3.05) is 6.54 Å². The van der Waals surface area contributed by atoms with Crippen molar-refractivity contribution in [2.24, 2.45) is 11.7 Å². The number of halogens is 1. The number of aliphatic hydroxyl groups excluding tert-OH is 1. The second kappa shape index (κ2) is 4.69. The Morgan fingerprint density at radius 2 is 2.31 bits per heavy atom. The van der Waals surface area contributed by atoms with Crippen LogP contribution in [0.5, 0.6) is 0 Å². The molecule has 0 bridgehead atoms. The fourth-order valence-corrected chi connectivity index (χ4v) is 1.22. The van der Waals surface area contributed by atoms with Gasteiger partial charge in [0.2, 0.25) is 0 Å². The molecule has 4 heteroatoms. The first-order chi connectivity index (χ1) is 6.15. The first-order valence-electron chi connectivity index (χ1n) is 4.14. The third-order valence-corrected chi connectivity index (χ3v) is 2.43. The van der Waals surface area contributed by atoms with E-state index in [-0.39, 0.29) is 5.92 Å². The van der Waals surface area contributed by atoms with Gasteiger partial charge in [0.15, 0.2) is 0 Å². The van der Waals surface area contributed by atoms with Crippen LogP contribution in [0.3, 0.4) is 0 Å². The lowest BCUT2D eigenvalue weighted by Crippen LogP contribution is -2.19. The highest BCUT2D eigenvalue weighted by atomic mass is 79.9. The molecule has 2 unspecified atom stereocenters. The molecule has 0 aliphatic carbocycles. The zero-order valence-electron chi connectivity index (χ0n) is 7.44. The Kier molecular flexibility index (Phi) is 3.84. The molecule has 0 aliphatic rings. The van der Waals surface area contributed by atoms with Gasteiger partial charge in [-0.05, 0) is 40.5 Å². The largest absolute Gasteiger partial charge is 0.386 e. The molecule has 72 valence electrons. The number of hydrogen-bond donors (Lipinski definition) is 2. The van der Waals surface area contributed by atoms with Crippen molar-refractivity contribution in [2.45, 2.75) is 13.0 Å². The van der Waals surface area contributed by atoms with Gasteiger partial charge in [0.05, 0.1) is 11.8 Å². The average Bonchev–Trinajstić information content (AvgIpc) is 2.17. The van der Waals surface area contributed by atoms with E-state index in [2.05, 4.69) is 20.9 Å². The van der Waals surface area contributed by atoms with Crippen molar-refractivity contribution >= 4 is 15.9 Å². The number of rotatable bonds is 3. The van der Waals surface area contributed by atoms with Gasteiger partial charge < -0.3 is 10.8 Å². The van der Waals surface area contributed by atoms with E-state index in [9.17, 15) is 5.11 Å². The van der Waals surface area contributed by atoms with E-state index >= 15 is 0 Å². The summed E-state index contributed by atoms with van der Waals surface area (Å²) in [6.45, 7) is 2.35. The Balaban J connectivity index is 2.77. The molecule has 13 heavy (non-hydrogen) atoms. The summed E-state index contributed by atoms with van der Waals surface area (Å²) in [6, 6.07) is 3.65. The van der Waals surface area contributed by atoms with E-state index in [1.807, 2.05) is 13.0 Å². The van der Waals surface area contributed by atoms with Crippen molar-refractivity contribution < 1.29 is 5.11 Å². The van der Waals surface area contributed by atoms with Gasteiger partial charge >= 0.3 is 0 Å². The van der Waals surface area contributed by atoms with Crippen LogP contribution in [0.1, 0.15) is 18.7 Å².